The van der Waals surface area contributed by atoms with Crippen LogP contribution in [0.4, 0.5) is 0 Å². The molecule has 1 aliphatic rings. The molecule has 0 spiro atoms. The third-order valence-electron chi connectivity index (χ3n) is 3.91. The van der Waals surface area contributed by atoms with Crippen molar-refractivity contribution in [1.82, 2.24) is 4.90 Å². The first-order valence-corrected chi connectivity index (χ1v) is 7.40. The van der Waals surface area contributed by atoms with Crippen molar-refractivity contribution >= 4 is 29.0 Å². The number of halogens is 2. The number of likely N-dealkylation sites (tertiary alicyclic amines) is 1. The Morgan fingerprint density at radius 1 is 1.37 bits per heavy atom. The molecule has 3 unspecified atom stereocenters. The molecule has 2 nitrogen and oxygen atoms in total. The zero-order valence-corrected chi connectivity index (χ0v) is 13.0. The van der Waals surface area contributed by atoms with Crippen molar-refractivity contribution in [3.05, 3.63) is 33.8 Å². The molecule has 104 valence electrons. The lowest BCUT2D eigenvalue weighted by Gasteiger charge is -2.27. The number of rotatable bonds is 3. The van der Waals surface area contributed by atoms with Crippen LogP contribution in [0, 0.1) is 5.92 Å². The van der Waals surface area contributed by atoms with E-state index in [0.29, 0.717) is 27.6 Å². The van der Waals surface area contributed by atoms with E-state index < -0.39 is 0 Å². The molecule has 1 aliphatic heterocycles. The molecule has 0 aromatic heterocycles. The highest BCUT2D eigenvalue weighted by Gasteiger charge is 2.33. The number of nitrogens with zero attached hydrogens (tertiary/aromatic N) is 1. The molecule has 1 fully saturated rings. The largest absolute Gasteiger partial charge is 0.292 e. The molecule has 0 saturated carbocycles. The highest BCUT2D eigenvalue weighted by atomic mass is 35.5. The monoisotopic (exact) mass is 299 g/mol. The summed E-state index contributed by atoms with van der Waals surface area (Å²) in [6.07, 6.45) is 1.14. The van der Waals surface area contributed by atoms with Crippen LogP contribution in [0.5, 0.6) is 0 Å². The van der Waals surface area contributed by atoms with Gasteiger partial charge >= 0.3 is 0 Å². The summed E-state index contributed by atoms with van der Waals surface area (Å²) in [6.45, 7) is 7.33. The van der Waals surface area contributed by atoms with E-state index in [4.69, 9.17) is 23.2 Å². The van der Waals surface area contributed by atoms with Crippen molar-refractivity contribution in [3.63, 3.8) is 0 Å². The molecule has 0 bridgehead atoms. The number of carbonyl (C=O) groups excluding carboxylic acids is 1. The van der Waals surface area contributed by atoms with Crippen molar-refractivity contribution < 1.29 is 4.79 Å². The number of carbonyl (C=O) groups is 1. The van der Waals surface area contributed by atoms with Gasteiger partial charge in [0.15, 0.2) is 5.78 Å². The number of hydrogen-bond donors (Lipinski definition) is 0. The second kappa shape index (κ2) is 5.82. The second-order valence-corrected chi connectivity index (χ2v) is 6.39. The number of benzene rings is 1. The Bertz CT molecular complexity index is 489. The third kappa shape index (κ3) is 3.13. The molecule has 0 radical (unpaired) electrons. The van der Waals surface area contributed by atoms with Gasteiger partial charge in [-0.1, -0.05) is 30.1 Å². The van der Waals surface area contributed by atoms with Gasteiger partial charge in [-0.15, -0.1) is 0 Å². The number of Topliss-reactive ketones (excluding diaryl/α,β-unsaturated/α-hetero) is 1. The SMILES string of the molecule is CC1CC(C)N(C(C)C(=O)c2ccc(Cl)cc2Cl)C1. The maximum Gasteiger partial charge on any atom is 0.181 e. The summed E-state index contributed by atoms with van der Waals surface area (Å²) in [4.78, 5) is 14.8. The van der Waals surface area contributed by atoms with Crippen LogP contribution in [-0.4, -0.2) is 29.3 Å². The average Bonchev–Trinajstić information content (AvgIpc) is 2.67. The molecule has 0 N–H and O–H groups in total. The van der Waals surface area contributed by atoms with Crippen LogP contribution in [0.25, 0.3) is 0 Å². The van der Waals surface area contributed by atoms with Gasteiger partial charge in [-0.2, -0.15) is 0 Å². The predicted octanol–water partition coefficient (Wildman–Crippen LogP) is 4.29. The van der Waals surface area contributed by atoms with Crippen LogP contribution in [0.15, 0.2) is 18.2 Å². The quantitative estimate of drug-likeness (QED) is 0.776. The summed E-state index contributed by atoms with van der Waals surface area (Å²) in [5.41, 5.74) is 0.560. The first kappa shape index (κ1) is 14.8. The van der Waals surface area contributed by atoms with Gasteiger partial charge in [-0.25, -0.2) is 0 Å². The van der Waals surface area contributed by atoms with Gasteiger partial charge < -0.3 is 0 Å². The van der Waals surface area contributed by atoms with Crippen molar-refractivity contribution in [2.75, 3.05) is 6.54 Å². The number of ketones is 1. The lowest BCUT2D eigenvalue weighted by atomic mass is 10.0. The fraction of sp³-hybridized carbons (Fsp3) is 0.533. The zero-order valence-electron chi connectivity index (χ0n) is 11.5. The lowest BCUT2D eigenvalue weighted by Crippen LogP contribution is -2.41. The van der Waals surface area contributed by atoms with E-state index in [1.165, 1.54) is 0 Å². The standard InChI is InChI=1S/C15H19Cl2NO/c1-9-6-10(2)18(8-9)11(3)15(19)13-5-4-12(16)7-14(13)17/h4-5,7,9-11H,6,8H2,1-3H3. The summed E-state index contributed by atoms with van der Waals surface area (Å²) in [7, 11) is 0. The molecule has 1 heterocycles. The Hall–Kier alpha value is -0.570. The molecule has 1 aromatic carbocycles. The summed E-state index contributed by atoms with van der Waals surface area (Å²) in [6, 6.07) is 5.36. The Labute approximate surface area is 124 Å². The van der Waals surface area contributed by atoms with Crippen LogP contribution >= 0.6 is 23.2 Å². The summed E-state index contributed by atoms with van der Waals surface area (Å²) in [5.74, 6) is 0.716. The molecule has 0 aliphatic carbocycles. The maximum atomic E-state index is 12.5. The van der Waals surface area contributed by atoms with Gasteiger partial charge in [0.2, 0.25) is 0 Å². The average molecular weight is 300 g/mol. The van der Waals surface area contributed by atoms with E-state index in [1.807, 2.05) is 6.92 Å². The Kier molecular flexibility index (Phi) is 4.54. The Balaban J connectivity index is 2.19. The van der Waals surface area contributed by atoms with E-state index in [0.717, 1.165) is 13.0 Å². The summed E-state index contributed by atoms with van der Waals surface area (Å²) < 4.78 is 0. The minimum atomic E-state index is -0.140. The first-order valence-electron chi connectivity index (χ1n) is 6.65. The second-order valence-electron chi connectivity index (χ2n) is 5.55. The highest BCUT2D eigenvalue weighted by molar-refractivity contribution is 6.37. The van der Waals surface area contributed by atoms with Crippen LogP contribution in [-0.2, 0) is 0 Å². The van der Waals surface area contributed by atoms with E-state index in [9.17, 15) is 4.79 Å². The Morgan fingerprint density at radius 3 is 2.58 bits per heavy atom. The minimum Gasteiger partial charge on any atom is -0.292 e. The van der Waals surface area contributed by atoms with Gasteiger partial charge in [-0.3, -0.25) is 9.69 Å². The van der Waals surface area contributed by atoms with Gasteiger partial charge in [-0.05, 0) is 44.4 Å². The summed E-state index contributed by atoms with van der Waals surface area (Å²) >= 11 is 12.0. The van der Waals surface area contributed by atoms with Crippen molar-refractivity contribution in [3.8, 4) is 0 Å². The third-order valence-corrected chi connectivity index (χ3v) is 4.45. The molecule has 3 atom stereocenters. The van der Waals surface area contributed by atoms with Crippen molar-refractivity contribution in [2.24, 2.45) is 5.92 Å². The van der Waals surface area contributed by atoms with Crippen LogP contribution in [0.3, 0.4) is 0 Å². The fourth-order valence-electron chi connectivity index (χ4n) is 2.94. The van der Waals surface area contributed by atoms with Crippen LogP contribution < -0.4 is 0 Å². The predicted molar refractivity (Wildman–Crippen MR) is 80.2 cm³/mol. The van der Waals surface area contributed by atoms with Gasteiger partial charge in [0, 0.05) is 23.2 Å². The van der Waals surface area contributed by atoms with Gasteiger partial charge in [0.1, 0.15) is 0 Å². The molecule has 4 heteroatoms. The van der Waals surface area contributed by atoms with Crippen molar-refractivity contribution in [2.45, 2.75) is 39.3 Å². The number of hydrogen-bond acceptors (Lipinski definition) is 2. The molecule has 2 rings (SSSR count). The zero-order chi connectivity index (χ0) is 14.2. The molecular weight excluding hydrogens is 281 g/mol. The fourth-order valence-corrected chi connectivity index (χ4v) is 3.44. The van der Waals surface area contributed by atoms with E-state index in [1.54, 1.807) is 18.2 Å². The minimum absolute atomic E-state index is 0.0719. The maximum absolute atomic E-state index is 12.5. The molecule has 0 amide bonds. The van der Waals surface area contributed by atoms with Gasteiger partial charge in [0.25, 0.3) is 0 Å². The van der Waals surface area contributed by atoms with Crippen molar-refractivity contribution in [1.29, 1.82) is 0 Å². The molecule has 19 heavy (non-hydrogen) atoms. The Morgan fingerprint density at radius 2 is 2.05 bits per heavy atom. The lowest BCUT2D eigenvalue weighted by molar-refractivity contribution is 0.0827. The van der Waals surface area contributed by atoms with Crippen LogP contribution in [0.2, 0.25) is 10.0 Å². The topological polar surface area (TPSA) is 20.3 Å². The van der Waals surface area contributed by atoms with Gasteiger partial charge in [0.05, 0.1) is 11.1 Å². The molecular formula is C15H19Cl2NO. The highest BCUT2D eigenvalue weighted by Crippen LogP contribution is 2.28. The van der Waals surface area contributed by atoms with E-state index >= 15 is 0 Å². The first-order chi connectivity index (χ1) is 8.90. The normalized spacial score (nSPS) is 25.5. The summed E-state index contributed by atoms with van der Waals surface area (Å²) in [5, 5.41) is 0.988. The molecule has 1 aromatic rings. The smallest absolute Gasteiger partial charge is 0.181 e. The van der Waals surface area contributed by atoms with E-state index in [-0.39, 0.29) is 11.8 Å². The van der Waals surface area contributed by atoms with Crippen LogP contribution in [0.1, 0.15) is 37.6 Å². The van der Waals surface area contributed by atoms with E-state index in [2.05, 4.69) is 18.7 Å². The molecule has 1 saturated heterocycles.